The molecule has 2 aromatic carbocycles. The zero-order chi connectivity index (χ0) is 20.7. The fourth-order valence-corrected chi connectivity index (χ4v) is 5.59. The van der Waals surface area contributed by atoms with E-state index in [1.54, 1.807) is 12.1 Å². The molecule has 3 aliphatic rings. The molecule has 3 heterocycles. The van der Waals surface area contributed by atoms with E-state index in [-0.39, 0.29) is 0 Å². The van der Waals surface area contributed by atoms with Crippen molar-refractivity contribution in [1.82, 2.24) is 4.90 Å². The number of halogens is 2. The molecule has 1 fully saturated rings. The number of nitrogens with zero attached hydrogens (tertiary/aromatic N) is 3. The number of para-hydroxylation sites is 2. The number of hydrogen-bond donors (Lipinski definition) is 0. The highest BCUT2D eigenvalue weighted by molar-refractivity contribution is 5.80. The van der Waals surface area contributed by atoms with Gasteiger partial charge in [0.2, 0.25) is 0 Å². The van der Waals surface area contributed by atoms with Crippen LogP contribution in [0.5, 0.6) is 5.75 Å². The largest absolute Gasteiger partial charge is 0.435 e. The van der Waals surface area contributed by atoms with Gasteiger partial charge in [-0.2, -0.15) is 8.78 Å². The van der Waals surface area contributed by atoms with Gasteiger partial charge in [0.25, 0.3) is 0 Å². The monoisotopic (exact) mass is 413 g/mol. The van der Waals surface area contributed by atoms with E-state index in [1.807, 2.05) is 12.1 Å². The molecule has 0 bridgehead atoms. The van der Waals surface area contributed by atoms with Crippen molar-refractivity contribution in [2.24, 2.45) is 0 Å². The number of aryl methyl sites for hydroxylation is 1. The number of fused-ring (bicyclic) bond motifs is 3. The van der Waals surface area contributed by atoms with Gasteiger partial charge in [0, 0.05) is 45.2 Å². The fraction of sp³-hybridized carbons (Fsp3) is 0.500. The number of benzene rings is 2. The van der Waals surface area contributed by atoms with Crippen molar-refractivity contribution in [2.75, 3.05) is 49.6 Å². The van der Waals surface area contributed by atoms with Gasteiger partial charge in [0.05, 0.1) is 11.4 Å². The molecule has 0 aromatic heterocycles. The molecule has 30 heavy (non-hydrogen) atoms. The Labute approximate surface area is 177 Å². The minimum atomic E-state index is -2.78. The first-order valence-corrected chi connectivity index (χ1v) is 11.0. The summed E-state index contributed by atoms with van der Waals surface area (Å²) < 4.78 is 30.0. The maximum Gasteiger partial charge on any atom is 0.387 e. The molecule has 2 atom stereocenters. The molecular weight excluding hydrogens is 384 g/mol. The van der Waals surface area contributed by atoms with E-state index in [4.69, 9.17) is 0 Å². The molecule has 160 valence electrons. The van der Waals surface area contributed by atoms with Gasteiger partial charge in [0.1, 0.15) is 5.75 Å². The lowest BCUT2D eigenvalue weighted by Crippen LogP contribution is -2.49. The van der Waals surface area contributed by atoms with Gasteiger partial charge in [-0.3, -0.25) is 0 Å². The Morgan fingerprint density at radius 1 is 1.07 bits per heavy atom. The first kappa shape index (κ1) is 19.6. The lowest BCUT2D eigenvalue weighted by molar-refractivity contribution is -0.0504. The second-order valence-corrected chi connectivity index (χ2v) is 8.68. The number of anilines is 2. The van der Waals surface area contributed by atoms with Crippen molar-refractivity contribution in [1.29, 1.82) is 0 Å². The number of hydrogen-bond acceptors (Lipinski definition) is 4. The third-order valence-electron chi connectivity index (χ3n) is 6.99. The summed E-state index contributed by atoms with van der Waals surface area (Å²) >= 11 is 0. The molecule has 0 N–H and O–H groups in total. The fourth-order valence-electron chi connectivity index (χ4n) is 5.59. The SMILES string of the molecule is CN1CCN2c3c(cccc31)[C@@H]1CN(CCCc3ccccc3OC(F)F)CC[C@@H]12. The van der Waals surface area contributed by atoms with Crippen LogP contribution in [0.15, 0.2) is 42.5 Å². The van der Waals surface area contributed by atoms with Gasteiger partial charge >= 0.3 is 6.61 Å². The van der Waals surface area contributed by atoms with Gasteiger partial charge < -0.3 is 19.4 Å². The molecular formula is C24H29F2N3O. The van der Waals surface area contributed by atoms with Gasteiger partial charge in [-0.15, -0.1) is 0 Å². The molecule has 5 rings (SSSR count). The first-order valence-electron chi connectivity index (χ1n) is 11.0. The summed E-state index contributed by atoms with van der Waals surface area (Å²) in [4.78, 5) is 7.59. The minimum Gasteiger partial charge on any atom is -0.435 e. The predicted octanol–water partition coefficient (Wildman–Crippen LogP) is 4.35. The van der Waals surface area contributed by atoms with E-state index in [1.165, 1.54) is 23.4 Å². The van der Waals surface area contributed by atoms with Crippen molar-refractivity contribution in [3.05, 3.63) is 53.6 Å². The average Bonchev–Trinajstić information content (AvgIpc) is 3.06. The third kappa shape index (κ3) is 3.51. The smallest absolute Gasteiger partial charge is 0.387 e. The Kier molecular flexibility index (Phi) is 5.27. The molecule has 6 heteroatoms. The summed E-state index contributed by atoms with van der Waals surface area (Å²) in [5.41, 5.74) is 5.20. The lowest BCUT2D eigenvalue weighted by atomic mass is 9.89. The highest BCUT2D eigenvalue weighted by atomic mass is 19.3. The summed E-state index contributed by atoms with van der Waals surface area (Å²) in [5.74, 6) is 0.872. The van der Waals surface area contributed by atoms with Crippen LogP contribution in [0.25, 0.3) is 0 Å². The van der Waals surface area contributed by atoms with Crippen LogP contribution in [-0.2, 0) is 6.42 Å². The van der Waals surface area contributed by atoms with Crippen molar-refractivity contribution in [2.45, 2.75) is 37.8 Å². The van der Waals surface area contributed by atoms with Gasteiger partial charge in [0.15, 0.2) is 0 Å². The van der Waals surface area contributed by atoms with Crippen LogP contribution in [0.4, 0.5) is 20.2 Å². The predicted molar refractivity (Wildman–Crippen MR) is 116 cm³/mol. The van der Waals surface area contributed by atoms with E-state index < -0.39 is 6.61 Å². The number of piperidine rings is 1. The van der Waals surface area contributed by atoms with Crippen LogP contribution >= 0.6 is 0 Å². The van der Waals surface area contributed by atoms with Crippen molar-refractivity contribution < 1.29 is 13.5 Å². The van der Waals surface area contributed by atoms with Crippen molar-refractivity contribution in [3.8, 4) is 5.75 Å². The Balaban J connectivity index is 1.24. The number of likely N-dealkylation sites (N-methyl/N-ethyl adjacent to an activating group) is 1. The maximum atomic E-state index is 12.6. The number of ether oxygens (including phenoxy) is 1. The van der Waals surface area contributed by atoms with E-state index in [2.05, 4.69) is 44.7 Å². The van der Waals surface area contributed by atoms with Crippen molar-refractivity contribution in [3.63, 3.8) is 0 Å². The molecule has 0 unspecified atom stereocenters. The maximum absolute atomic E-state index is 12.6. The van der Waals surface area contributed by atoms with Crippen molar-refractivity contribution >= 4 is 11.4 Å². The molecule has 3 aliphatic heterocycles. The number of rotatable bonds is 6. The minimum absolute atomic E-state index is 0.307. The van der Waals surface area contributed by atoms with Crippen LogP contribution in [0, 0.1) is 0 Å². The lowest BCUT2D eigenvalue weighted by Gasteiger charge is -2.41. The van der Waals surface area contributed by atoms with Crippen LogP contribution in [-0.4, -0.2) is 57.3 Å². The first-order chi connectivity index (χ1) is 14.6. The standard InChI is InChI=1S/C24H29F2N3O/c1-27-14-15-29-20-11-13-28(16-19(20)18-8-4-9-21(27)23(18)29)12-5-7-17-6-2-3-10-22(17)30-24(25)26/h2-4,6,8-10,19-20,24H,5,7,11-16H2,1H3/t19-,20-/m0/s1. The topological polar surface area (TPSA) is 19.0 Å². The second-order valence-electron chi connectivity index (χ2n) is 8.68. The third-order valence-corrected chi connectivity index (χ3v) is 6.99. The Bertz CT molecular complexity index is 906. The average molecular weight is 414 g/mol. The summed E-state index contributed by atoms with van der Waals surface area (Å²) in [7, 11) is 2.19. The van der Waals surface area contributed by atoms with Crippen LogP contribution in [0.1, 0.15) is 29.9 Å². The van der Waals surface area contributed by atoms with E-state index in [0.29, 0.717) is 17.7 Å². The summed E-state index contributed by atoms with van der Waals surface area (Å²) in [6, 6.07) is 14.5. The molecule has 0 spiro atoms. The second kappa shape index (κ2) is 8.06. The van der Waals surface area contributed by atoms with E-state index in [0.717, 1.165) is 51.1 Å². The molecule has 2 aromatic rings. The number of alkyl halides is 2. The summed E-state index contributed by atoms with van der Waals surface area (Å²) in [6.07, 6.45) is 2.89. The molecule has 0 aliphatic carbocycles. The highest BCUT2D eigenvalue weighted by Crippen LogP contribution is 2.50. The number of likely N-dealkylation sites (tertiary alicyclic amines) is 1. The Morgan fingerprint density at radius 3 is 2.80 bits per heavy atom. The van der Waals surface area contributed by atoms with Crippen LogP contribution in [0.2, 0.25) is 0 Å². The quantitative estimate of drug-likeness (QED) is 0.701. The normalized spacial score (nSPS) is 22.9. The molecule has 0 radical (unpaired) electrons. The Morgan fingerprint density at radius 2 is 1.93 bits per heavy atom. The summed E-state index contributed by atoms with van der Waals surface area (Å²) in [5, 5.41) is 0. The molecule has 4 nitrogen and oxygen atoms in total. The molecule has 1 saturated heterocycles. The van der Waals surface area contributed by atoms with Gasteiger partial charge in [-0.05, 0) is 49.1 Å². The van der Waals surface area contributed by atoms with Gasteiger partial charge in [-0.1, -0.05) is 30.3 Å². The zero-order valence-electron chi connectivity index (χ0n) is 17.4. The van der Waals surface area contributed by atoms with E-state index in [9.17, 15) is 8.78 Å². The molecule has 0 saturated carbocycles. The van der Waals surface area contributed by atoms with Crippen LogP contribution < -0.4 is 14.5 Å². The van der Waals surface area contributed by atoms with Crippen LogP contribution in [0.3, 0.4) is 0 Å². The van der Waals surface area contributed by atoms with E-state index >= 15 is 0 Å². The molecule has 0 amide bonds. The highest BCUT2D eigenvalue weighted by Gasteiger charge is 2.44. The Hall–Kier alpha value is -2.34. The summed E-state index contributed by atoms with van der Waals surface area (Å²) in [6.45, 7) is 2.60. The zero-order valence-corrected chi connectivity index (χ0v) is 17.4. The van der Waals surface area contributed by atoms with Gasteiger partial charge in [-0.25, -0.2) is 0 Å².